The SMILES string of the molecule is C[C@H]1CCCC[C@H]1[NH2+]Cc1ccc2c(c1)OCO2. The molecular weight excluding hydrogens is 226 g/mol. The molecule has 0 unspecified atom stereocenters. The van der Waals surface area contributed by atoms with Gasteiger partial charge in [-0.1, -0.05) is 13.3 Å². The van der Waals surface area contributed by atoms with Gasteiger partial charge in [0.1, 0.15) is 6.54 Å². The van der Waals surface area contributed by atoms with E-state index in [1.165, 1.54) is 31.2 Å². The predicted octanol–water partition coefficient (Wildman–Crippen LogP) is 2.06. The third-order valence-electron chi connectivity index (χ3n) is 4.27. The third kappa shape index (κ3) is 2.46. The average molecular weight is 248 g/mol. The van der Waals surface area contributed by atoms with Gasteiger partial charge in [-0.3, -0.25) is 0 Å². The lowest BCUT2D eigenvalue weighted by molar-refractivity contribution is -0.712. The van der Waals surface area contributed by atoms with Crippen LogP contribution in [0.25, 0.3) is 0 Å². The van der Waals surface area contributed by atoms with E-state index >= 15 is 0 Å². The molecule has 2 atom stereocenters. The molecule has 1 fully saturated rings. The van der Waals surface area contributed by atoms with Crippen LogP contribution in [0.1, 0.15) is 38.2 Å². The molecular formula is C15H22NO2+. The van der Waals surface area contributed by atoms with Gasteiger partial charge in [0.2, 0.25) is 6.79 Å². The van der Waals surface area contributed by atoms with Gasteiger partial charge in [-0.2, -0.15) is 0 Å². The van der Waals surface area contributed by atoms with Gasteiger partial charge in [0.25, 0.3) is 0 Å². The highest BCUT2D eigenvalue weighted by molar-refractivity contribution is 5.44. The summed E-state index contributed by atoms with van der Waals surface area (Å²) in [5.74, 6) is 2.63. The maximum atomic E-state index is 5.42. The molecule has 0 radical (unpaired) electrons. The second-order valence-electron chi connectivity index (χ2n) is 5.55. The van der Waals surface area contributed by atoms with E-state index in [0.717, 1.165) is 30.0 Å². The highest BCUT2D eigenvalue weighted by Crippen LogP contribution is 2.32. The van der Waals surface area contributed by atoms with Crippen LogP contribution in [0.5, 0.6) is 11.5 Å². The Morgan fingerprint density at radius 2 is 2.00 bits per heavy atom. The van der Waals surface area contributed by atoms with Crippen LogP contribution >= 0.6 is 0 Å². The molecule has 3 heteroatoms. The zero-order chi connectivity index (χ0) is 12.4. The summed E-state index contributed by atoms with van der Waals surface area (Å²) < 4.78 is 10.7. The minimum Gasteiger partial charge on any atom is -0.454 e. The van der Waals surface area contributed by atoms with Crippen molar-refractivity contribution < 1.29 is 14.8 Å². The molecule has 0 aromatic heterocycles. The van der Waals surface area contributed by atoms with Crippen molar-refractivity contribution in [1.29, 1.82) is 0 Å². The number of benzene rings is 1. The molecule has 1 heterocycles. The van der Waals surface area contributed by atoms with Crippen LogP contribution in [-0.2, 0) is 6.54 Å². The third-order valence-corrected chi connectivity index (χ3v) is 4.27. The normalized spacial score (nSPS) is 26.3. The maximum Gasteiger partial charge on any atom is 0.231 e. The Bertz CT molecular complexity index is 419. The van der Waals surface area contributed by atoms with Crippen LogP contribution in [0.2, 0.25) is 0 Å². The number of hydrogen-bond acceptors (Lipinski definition) is 2. The van der Waals surface area contributed by atoms with Gasteiger partial charge in [-0.25, -0.2) is 0 Å². The number of ether oxygens (including phenoxy) is 2. The molecule has 1 aromatic rings. The first-order chi connectivity index (χ1) is 8.83. The molecule has 98 valence electrons. The summed E-state index contributed by atoms with van der Waals surface area (Å²) in [5.41, 5.74) is 1.33. The molecule has 2 N–H and O–H groups in total. The first kappa shape index (κ1) is 11.8. The molecule has 0 amide bonds. The van der Waals surface area contributed by atoms with Crippen molar-refractivity contribution in [2.45, 2.75) is 45.2 Å². The summed E-state index contributed by atoms with van der Waals surface area (Å²) in [4.78, 5) is 0. The fourth-order valence-corrected chi connectivity index (χ4v) is 3.05. The Kier molecular flexibility index (Phi) is 3.41. The first-order valence-corrected chi connectivity index (χ1v) is 7.05. The van der Waals surface area contributed by atoms with Crippen LogP contribution < -0.4 is 14.8 Å². The summed E-state index contributed by atoms with van der Waals surface area (Å²) in [6.07, 6.45) is 5.57. The number of rotatable bonds is 3. The van der Waals surface area contributed by atoms with Crippen molar-refractivity contribution in [2.75, 3.05) is 6.79 Å². The van der Waals surface area contributed by atoms with E-state index in [1.807, 2.05) is 6.07 Å². The summed E-state index contributed by atoms with van der Waals surface area (Å²) in [6.45, 7) is 3.80. The minimum atomic E-state index is 0.363. The van der Waals surface area contributed by atoms with Gasteiger partial charge in [0.15, 0.2) is 11.5 Å². The minimum absolute atomic E-state index is 0.363. The highest BCUT2D eigenvalue weighted by atomic mass is 16.7. The zero-order valence-corrected chi connectivity index (χ0v) is 11.0. The average Bonchev–Trinajstić information content (AvgIpc) is 2.85. The van der Waals surface area contributed by atoms with Crippen molar-refractivity contribution in [2.24, 2.45) is 5.92 Å². The van der Waals surface area contributed by atoms with Crippen molar-refractivity contribution in [3.63, 3.8) is 0 Å². The van der Waals surface area contributed by atoms with Crippen LogP contribution in [0.4, 0.5) is 0 Å². The molecule has 1 aliphatic carbocycles. The van der Waals surface area contributed by atoms with Crippen molar-refractivity contribution in [3.8, 4) is 11.5 Å². The molecule has 0 saturated heterocycles. The van der Waals surface area contributed by atoms with Crippen molar-refractivity contribution in [1.82, 2.24) is 0 Å². The Morgan fingerprint density at radius 1 is 1.17 bits per heavy atom. The van der Waals surface area contributed by atoms with Crippen molar-refractivity contribution >= 4 is 0 Å². The van der Waals surface area contributed by atoms with Gasteiger partial charge in [0.05, 0.1) is 6.04 Å². The second-order valence-corrected chi connectivity index (χ2v) is 5.55. The smallest absolute Gasteiger partial charge is 0.231 e. The van der Waals surface area contributed by atoms with Crippen LogP contribution in [0.15, 0.2) is 18.2 Å². The van der Waals surface area contributed by atoms with Crippen LogP contribution in [-0.4, -0.2) is 12.8 Å². The largest absolute Gasteiger partial charge is 0.454 e. The zero-order valence-electron chi connectivity index (χ0n) is 11.0. The lowest BCUT2D eigenvalue weighted by Gasteiger charge is -2.26. The fraction of sp³-hybridized carbons (Fsp3) is 0.600. The number of fused-ring (bicyclic) bond motifs is 1. The molecule has 1 saturated carbocycles. The molecule has 1 aliphatic heterocycles. The molecule has 18 heavy (non-hydrogen) atoms. The van der Waals surface area contributed by atoms with Crippen LogP contribution in [0.3, 0.4) is 0 Å². The van der Waals surface area contributed by atoms with Crippen LogP contribution in [0, 0.1) is 5.92 Å². The fourth-order valence-electron chi connectivity index (χ4n) is 3.05. The van der Waals surface area contributed by atoms with Crippen molar-refractivity contribution in [3.05, 3.63) is 23.8 Å². The number of quaternary nitrogens is 1. The predicted molar refractivity (Wildman–Crippen MR) is 69.6 cm³/mol. The number of nitrogens with two attached hydrogens (primary N) is 1. The monoisotopic (exact) mass is 248 g/mol. The van der Waals surface area contributed by atoms with Gasteiger partial charge < -0.3 is 14.8 Å². The van der Waals surface area contributed by atoms with E-state index in [4.69, 9.17) is 9.47 Å². The second kappa shape index (κ2) is 5.19. The molecule has 2 aliphatic rings. The van der Waals surface area contributed by atoms with Gasteiger partial charge >= 0.3 is 0 Å². The van der Waals surface area contributed by atoms with Gasteiger partial charge in [-0.15, -0.1) is 0 Å². The first-order valence-electron chi connectivity index (χ1n) is 7.05. The summed E-state index contributed by atoms with van der Waals surface area (Å²) in [5, 5.41) is 2.50. The van der Waals surface area contributed by atoms with E-state index in [0.29, 0.717) is 6.79 Å². The molecule has 3 nitrogen and oxygen atoms in total. The lowest BCUT2D eigenvalue weighted by atomic mass is 9.86. The van der Waals surface area contributed by atoms with E-state index in [9.17, 15) is 0 Å². The van der Waals surface area contributed by atoms with E-state index in [1.54, 1.807) is 0 Å². The molecule has 0 spiro atoms. The Labute approximate surface area is 108 Å². The molecule has 3 rings (SSSR count). The summed E-state index contributed by atoms with van der Waals surface area (Å²) in [6, 6.07) is 7.09. The number of hydrogen-bond donors (Lipinski definition) is 1. The van der Waals surface area contributed by atoms with E-state index < -0.39 is 0 Å². The molecule has 1 aromatic carbocycles. The standard InChI is InChI=1S/C15H21NO2/c1-11-4-2-3-5-13(11)16-9-12-6-7-14-15(8-12)18-10-17-14/h6-8,11,13,16H,2-5,9-10H2,1H3/p+1/t11-,13+/m0/s1. The summed E-state index contributed by atoms with van der Waals surface area (Å²) >= 11 is 0. The molecule has 0 bridgehead atoms. The van der Waals surface area contributed by atoms with Gasteiger partial charge in [0, 0.05) is 11.5 Å². The Morgan fingerprint density at radius 3 is 2.89 bits per heavy atom. The van der Waals surface area contributed by atoms with E-state index in [2.05, 4.69) is 24.4 Å². The maximum absolute atomic E-state index is 5.42. The van der Waals surface area contributed by atoms with Gasteiger partial charge in [-0.05, 0) is 37.5 Å². The van der Waals surface area contributed by atoms with E-state index in [-0.39, 0.29) is 0 Å². The topological polar surface area (TPSA) is 35.1 Å². The quantitative estimate of drug-likeness (QED) is 0.888. The lowest BCUT2D eigenvalue weighted by Crippen LogP contribution is -2.90. The Hall–Kier alpha value is -1.22. The Balaban J connectivity index is 1.59. The summed E-state index contributed by atoms with van der Waals surface area (Å²) in [7, 11) is 0. The highest BCUT2D eigenvalue weighted by Gasteiger charge is 2.24.